The highest BCUT2D eigenvalue weighted by Gasteiger charge is 2.19. The quantitative estimate of drug-likeness (QED) is 0.812. The Hall–Kier alpha value is -2.50. The Kier molecular flexibility index (Phi) is 4.80. The predicted molar refractivity (Wildman–Crippen MR) is 87.9 cm³/mol. The highest BCUT2D eigenvalue weighted by atomic mass is 16.1. The second-order valence-electron chi connectivity index (χ2n) is 5.80. The molecule has 6 heteroatoms. The van der Waals surface area contributed by atoms with Crippen LogP contribution in [0.15, 0.2) is 36.5 Å². The summed E-state index contributed by atoms with van der Waals surface area (Å²) in [6.07, 6.45) is 6.75. The Morgan fingerprint density at radius 1 is 1.09 bits per heavy atom. The van der Waals surface area contributed by atoms with Gasteiger partial charge in [0, 0.05) is 19.3 Å². The number of allylic oxidation sites excluding steroid dienone is 1. The van der Waals surface area contributed by atoms with E-state index < -0.39 is 0 Å². The zero-order valence-corrected chi connectivity index (χ0v) is 13.4. The number of likely N-dealkylation sites (tertiary alicyclic amines) is 1. The van der Waals surface area contributed by atoms with E-state index >= 15 is 0 Å². The van der Waals surface area contributed by atoms with Gasteiger partial charge in [0.1, 0.15) is 0 Å². The second kappa shape index (κ2) is 7.17. The van der Waals surface area contributed by atoms with E-state index in [0.29, 0.717) is 11.4 Å². The van der Waals surface area contributed by atoms with Gasteiger partial charge in [-0.1, -0.05) is 31.0 Å². The minimum atomic E-state index is -0.0266. The Morgan fingerprint density at radius 2 is 1.78 bits per heavy atom. The van der Waals surface area contributed by atoms with Crippen LogP contribution < -0.4 is 0 Å². The molecule has 0 radical (unpaired) electrons. The zero-order chi connectivity index (χ0) is 16.1. The van der Waals surface area contributed by atoms with Crippen molar-refractivity contribution in [3.8, 4) is 5.69 Å². The molecule has 3 rings (SSSR count). The number of Topliss-reactive ketones (excluding diaryl/α,β-unsaturated/α-hetero) is 1. The molecule has 0 unspecified atom stereocenters. The fourth-order valence-electron chi connectivity index (χ4n) is 2.81. The molecule has 1 aromatic carbocycles. The predicted octanol–water partition coefficient (Wildman–Crippen LogP) is 2.47. The number of ketones is 1. The highest BCUT2D eigenvalue weighted by Crippen LogP contribution is 2.19. The molecule has 0 amide bonds. The molecule has 1 aliphatic heterocycles. The highest BCUT2D eigenvalue weighted by molar-refractivity contribution is 6.18. The van der Waals surface area contributed by atoms with Crippen LogP contribution in [0.5, 0.6) is 0 Å². The van der Waals surface area contributed by atoms with Crippen molar-refractivity contribution in [2.75, 3.05) is 13.1 Å². The number of rotatable bonds is 4. The molecule has 120 valence electrons. The van der Waals surface area contributed by atoms with Crippen LogP contribution in [0.25, 0.3) is 11.3 Å². The van der Waals surface area contributed by atoms with E-state index in [1.165, 1.54) is 12.8 Å². The summed E-state index contributed by atoms with van der Waals surface area (Å²) in [6.45, 7) is 3.51. The lowest BCUT2D eigenvalue weighted by Crippen LogP contribution is -2.20. The SMILES string of the molecule is CC(=O)/C(=C\N1CCCCCC1)c1nnnn1-c1ccccc1. The number of tetrazole rings is 1. The van der Waals surface area contributed by atoms with Gasteiger partial charge in [-0.25, -0.2) is 0 Å². The Labute approximate surface area is 135 Å². The number of benzene rings is 1. The summed E-state index contributed by atoms with van der Waals surface area (Å²) in [7, 11) is 0. The first-order valence-corrected chi connectivity index (χ1v) is 8.06. The maximum absolute atomic E-state index is 12.2. The van der Waals surface area contributed by atoms with Crippen LogP contribution in [-0.2, 0) is 4.79 Å². The first kappa shape index (κ1) is 15.4. The van der Waals surface area contributed by atoms with E-state index in [9.17, 15) is 4.79 Å². The van der Waals surface area contributed by atoms with Gasteiger partial charge in [0.25, 0.3) is 0 Å². The maximum atomic E-state index is 12.2. The Bertz CT molecular complexity index is 684. The molecular weight excluding hydrogens is 290 g/mol. The van der Waals surface area contributed by atoms with Gasteiger partial charge in [-0.05, 0) is 42.3 Å². The van der Waals surface area contributed by atoms with Crippen molar-refractivity contribution in [2.24, 2.45) is 0 Å². The van der Waals surface area contributed by atoms with Gasteiger partial charge in [0.2, 0.25) is 0 Å². The normalized spacial score (nSPS) is 16.2. The zero-order valence-electron chi connectivity index (χ0n) is 13.4. The van der Waals surface area contributed by atoms with Crippen LogP contribution in [0.3, 0.4) is 0 Å². The Morgan fingerprint density at radius 3 is 2.43 bits per heavy atom. The van der Waals surface area contributed by atoms with Gasteiger partial charge in [0.15, 0.2) is 11.6 Å². The molecule has 0 spiro atoms. The maximum Gasteiger partial charge on any atom is 0.192 e. The summed E-state index contributed by atoms with van der Waals surface area (Å²) in [4.78, 5) is 14.4. The summed E-state index contributed by atoms with van der Waals surface area (Å²) in [6, 6.07) is 9.62. The summed E-state index contributed by atoms with van der Waals surface area (Å²) in [5, 5.41) is 11.9. The van der Waals surface area contributed by atoms with E-state index in [2.05, 4.69) is 20.4 Å². The number of carbonyl (C=O) groups is 1. The molecule has 1 aromatic heterocycles. The van der Waals surface area contributed by atoms with E-state index in [-0.39, 0.29) is 5.78 Å². The van der Waals surface area contributed by atoms with Crippen molar-refractivity contribution in [3.63, 3.8) is 0 Å². The average Bonchev–Trinajstić information content (AvgIpc) is 2.90. The summed E-state index contributed by atoms with van der Waals surface area (Å²) in [5.74, 6) is 0.467. The molecule has 0 bridgehead atoms. The molecule has 0 N–H and O–H groups in total. The average molecular weight is 311 g/mol. The second-order valence-corrected chi connectivity index (χ2v) is 5.80. The molecule has 0 saturated carbocycles. The van der Waals surface area contributed by atoms with Crippen molar-refractivity contribution in [1.29, 1.82) is 0 Å². The van der Waals surface area contributed by atoms with Crippen LogP contribution in [0, 0.1) is 0 Å². The molecule has 1 saturated heterocycles. The van der Waals surface area contributed by atoms with E-state index in [0.717, 1.165) is 31.6 Å². The van der Waals surface area contributed by atoms with E-state index in [1.54, 1.807) is 11.6 Å². The lowest BCUT2D eigenvalue weighted by Gasteiger charge is -2.18. The van der Waals surface area contributed by atoms with Gasteiger partial charge in [-0.3, -0.25) is 4.79 Å². The number of hydrogen-bond acceptors (Lipinski definition) is 5. The fourth-order valence-corrected chi connectivity index (χ4v) is 2.81. The van der Waals surface area contributed by atoms with Crippen molar-refractivity contribution < 1.29 is 4.79 Å². The number of para-hydroxylation sites is 1. The summed E-state index contributed by atoms with van der Waals surface area (Å²) in [5.41, 5.74) is 1.40. The molecule has 2 heterocycles. The molecule has 1 aliphatic rings. The number of nitrogens with zero attached hydrogens (tertiary/aromatic N) is 5. The van der Waals surface area contributed by atoms with Gasteiger partial charge < -0.3 is 4.90 Å². The minimum Gasteiger partial charge on any atom is -0.377 e. The van der Waals surface area contributed by atoms with Gasteiger partial charge in [0.05, 0.1) is 11.3 Å². The molecule has 2 aromatic rings. The van der Waals surface area contributed by atoms with E-state index in [4.69, 9.17) is 0 Å². The standard InChI is InChI=1S/C17H21N5O/c1-14(23)16(13-21-11-7-2-3-8-12-21)17-18-19-20-22(17)15-9-5-4-6-10-15/h4-6,9-10,13H,2-3,7-8,11-12H2,1H3/b16-13+. The third kappa shape index (κ3) is 3.64. The van der Waals surface area contributed by atoms with Crippen molar-refractivity contribution in [1.82, 2.24) is 25.1 Å². The first-order valence-electron chi connectivity index (χ1n) is 8.06. The lowest BCUT2D eigenvalue weighted by atomic mass is 10.1. The van der Waals surface area contributed by atoms with Crippen molar-refractivity contribution >= 4 is 11.4 Å². The number of aromatic nitrogens is 4. The van der Waals surface area contributed by atoms with Gasteiger partial charge >= 0.3 is 0 Å². The minimum absolute atomic E-state index is 0.0266. The Balaban J connectivity index is 1.96. The molecule has 23 heavy (non-hydrogen) atoms. The molecule has 1 fully saturated rings. The monoisotopic (exact) mass is 311 g/mol. The topological polar surface area (TPSA) is 63.9 Å². The van der Waals surface area contributed by atoms with Crippen LogP contribution in [0.2, 0.25) is 0 Å². The van der Waals surface area contributed by atoms with Crippen molar-refractivity contribution in [3.05, 3.63) is 42.4 Å². The van der Waals surface area contributed by atoms with Gasteiger partial charge in [-0.2, -0.15) is 4.68 Å². The van der Waals surface area contributed by atoms with Crippen LogP contribution in [0.1, 0.15) is 38.4 Å². The molecule has 0 atom stereocenters. The molecule has 0 aliphatic carbocycles. The van der Waals surface area contributed by atoms with Crippen LogP contribution in [-0.4, -0.2) is 44.0 Å². The molecule has 6 nitrogen and oxygen atoms in total. The fraction of sp³-hybridized carbons (Fsp3) is 0.412. The van der Waals surface area contributed by atoms with E-state index in [1.807, 2.05) is 36.5 Å². The smallest absolute Gasteiger partial charge is 0.192 e. The third-order valence-corrected chi connectivity index (χ3v) is 4.04. The van der Waals surface area contributed by atoms with Crippen molar-refractivity contribution in [2.45, 2.75) is 32.6 Å². The number of hydrogen-bond donors (Lipinski definition) is 0. The van der Waals surface area contributed by atoms with Crippen LogP contribution in [0.4, 0.5) is 0 Å². The van der Waals surface area contributed by atoms with Gasteiger partial charge in [-0.15, -0.1) is 5.10 Å². The summed E-state index contributed by atoms with van der Waals surface area (Å²) < 4.78 is 1.62. The third-order valence-electron chi connectivity index (χ3n) is 4.04. The molecular formula is C17H21N5O. The number of carbonyl (C=O) groups excluding carboxylic acids is 1. The van der Waals surface area contributed by atoms with Crippen LogP contribution >= 0.6 is 0 Å². The summed E-state index contributed by atoms with van der Waals surface area (Å²) >= 11 is 0. The first-order chi connectivity index (χ1) is 11.3. The largest absolute Gasteiger partial charge is 0.377 e. The lowest BCUT2D eigenvalue weighted by molar-refractivity contribution is -0.111.